The van der Waals surface area contributed by atoms with Gasteiger partial charge in [-0.25, -0.2) is 0 Å². The van der Waals surface area contributed by atoms with Gasteiger partial charge in [-0.2, -0.15) is 0 Å². The zero-order valence-corrected chi connectivity index (χ0v) is 8.49. The molecule has 0 aliphatic rings. The van der Waals surface area contributed by atoms with Crippen LogP contribution >= 0.6 is 0 Å². The van der Waals surface area contributed by atoms with Crippen molar-refractivity contribution in [2.45, 2.75) is 0 Å². The van der Waals surface area contributed by atoms with E-state index in [9.17, 15) is 0 Å². The Morgan fingerprint density at radius 3 is 2.29 bits per heavy atom. The van der Waals surface area contributed by atoms with Gasteiger partial charge in [0.15, 0.2) is 0 Å². The lowest BCUT2D eigenvalue weighted by atomic mass is 10.2. The highest BCUT2D eigenvalue weighted by atomic mass is 15.1. The number of amidine groups is 1. The van der Waals surface area contributed by atoms with Crippen molar-refractivity contribution in [3.63, 3.8) is 0 Å². The summed E-state index contributed by atoms with van der Waals surface area (Å²) < 4.78 is 0. The molecule has 0 unspecified atom stereocenters. The van der Waals surface area contributed by atoms with Gasteiger partial charge in [-0.3, -0.25) is 5.41 Å². The second kappa shape index (κ2) is 4.46. The number of hydrogen-bond acceptors (Lipinski definition) is 2. The maximum Gasteiger partial charge on any atom is 0.115 e. The molecule has 0 radical (unpaired) electrons. The van der Waals surface area contributed by atoms with E-state index in [2.05, 4.69) is 0 Å². The number of nitrogens with two attached hydrogens (primary N) is 1. The van der Waals surface area contributed by atoms with Gasteiger partial charge in [0.05, 0.1) is 0 Å². The van der Waals surface area contributed by atoms with Crippen LogP contribution < -0.4 is 10.6 Å². The molecule has 3 N–H and O–H groups in total. The highest BCUT2D eigenvalue weighted by molar-refractivity contribution is 5.92. The predicted octanol–water partition coefficient (Wildman–Crippen LogP) is 1.70. The number of nitrogens with one attached hydrogen (secondary N) is 1. The molecular weight excluding hydrogens is 174 g/mol. The Hall–Kier alpha value is -1.77. The summed E-state index contributed by atoms with van der Waals surface area (Å²) in [5, 5.41) is 7.04. The van der Waals surface area contributed by atoms with Crippen LogP contribution in [0.15, 0.2) is 30.3 Å². The Morgan fingerprint density at radius 1 is 1.29 bits per heavy atom. The Bertz CT molecular complexity index is 336. The van der Waals surface area contributed by atoms with E-state index in [1.807, 2.05) is 49.3 Å². The smallest absolute Gasteiger partial charge is 0.115 e. The number of nitrogens with zero attached hydrogens (tertiary/aromatic N) is 1. The molecule has 0 saturated carbocycles. The number of hydrogen-bond donors (Lipinski definition) is 2. The summed E-state index contributed by atoms with van der Waals surface area (Å²) in [5.41, 5.74) is 7.41. The van der Waals surface area contributed by atoms with Gasteiger partial charge < -0.3 is 10.6 Å². The Balaban J connectivity index is 2.78. The molecular formula is C11H15N3. The SMILES string of the molecule is CN(C)c1ccc(/C=C/C(=N)N)cc1. The van der Waals surface area contributed by atoms with Crippen molar-refractivity contribution in [3.05, 3.63) is 35.9 Å². The van der Waals surface area contributed by atoms with Crippen molar-refractivity contribution < 1.29 is 0 Å². The largest absolute Gasteiger partial charge is 0.384 e. The fraction of sp³-hybridized carbons (Fsp3) is 0.182. The normalized spacial score (nSPS) is 10.4. The summed E-state index contributed by atoms with van der Waals surface area (Å²) in [6.07, 6.45) is 3.40. The summed E-state index contributed by atoms with van der Waals surface area (Å²) in [4.78, 5) is 2.04. The van der Waals surface area contributed by atoms with Crippen molar-refractivity contribution in [2.75, 3.05) is 19.0 Å². The summed E-state index contributed by atoms with van der Waals surface area (Å²) in [7, 11) is 4.00. The minimum Gasteiger partial charge on any atom is -0.384 e. The van der Waals surface area contributed by atoms with E-state index >= 15 is 0 Å². The molecule has 0 heterocycles. The first-order valence-corrected chi connectivity index (χ1v) is 4.39. The van der Waals surface area contributed by atoms with Crippen LogP contribution in [-0.2, 0) is 0 Å². The Kier molecular flexibility index (Phi) is 3.29. The van der Waals surface area contributed by atoms with Gasteiger partial charge in [-0.05, 0) is 23.8 Å². The lowest BCUT2D eigenvalue weighted by molar-refractivity contribution is 1.13. The molecule has 14 heavy (non-hydrogen) atoms. The molecule has 0 spiro atoms. The van der Waals surface area contributed by atoms with E-state index < -0.39 is 0 Å². The van der Waals surface area contributed by atoms with E-state index in [4.69, 9.17) is 11.1 Å². The molecule has 0 saturated heterocycles. The van der Waals surface area contributed by atoms with Gasteiger partial charge in [0.2, 0.25) is 0 Å². The van der Waals surface area contributed by atoms with Crippen LogP contribution in [0.3, 0.4) is 0 Å². The van der Waals surface area contributed by atoms with E-state index in [-0.39, 0.29) is 5.84 Å². The molecule has 3 nitrogen and oxygen atoms in total. The van der Waals surface area contributed by atoms with Crippen LogP contribution in [0, 0.1) is 5.41 Å². The van der Waals surface area contributed by atoms with Gasteiger partial charge in [0.25, 0.3) is 0 Å². The molecule has 0 atom stereocenters. The van der Waals surface area contributed by atoms with Crippen LogP contribution in [0.25, 0.3) is 6.08 Å². The van der Waals surface area contributed by atoms with Crippen LogP contribution in [0.5, 0.6) is 0 Å². The van der Waals surface area contributed by atoms with E-state index in [0.29, 0.717) is 0 Å². The first kappa shape index (κ1) is 10.3. The Morgan fingerprint density at radius 2 is 1.86 bits per heavy atom. The van der Waals surface area contributed by atoms with Gasteiger partial charge in [-0.15, -0.1) is 0 Å². The third-order valence-electron chi connectivity index (χ3n) is 1.86. The van der Waals surface area contributed by atoms with Crippen LogP contribution in [0.2, 0.25) is 0 Å². The van der Waals surface area contributed by atoms with E-state index in [1.54, 1.807) is 6.08 Å². The molecule has 0 fully saturated rings. The highest BCUT2D eigenvalue weighted by Crippen LogP contribution is 2.12. The molecule has 3 heteroatoms. The molecule has 1 aromatic rings. The third kappa shape index (κ3) is 2.94. The maximum absolute atomic E-state index is 7.04. The van der Waals surface area contributed by atoms with Gasteiger partial charge in [-0.1, -0.05) is 18.2 Å². The topological polar surface area (TPSA) is 53.1 Å². The van der Waals surface area contributed by atoms with Crippen molar-refractivity contribution in [1.29, 1.82) is 5.41 Å². The average Bonchev–Trinajstić information content (AvgIpc) is 2.15. The number of rotatable bonds is 3. The Labute approximate surface area is 84.4 Å². The van der Waals surface area contributed by atoms with E-state index in [0.717, 1.165) is 11.3 Å². The molecule has 0 aliphatic carbocycles. The zero-order chi connectivity index (χ0) is 10.6. The second-order valence-electron chi connectivity index (χ2n) is 3.27. The van der Waals surface area contributed by atoms with Crippen LogP contribution in [0.4, 0.5) is 5.69 Å². The minimum atomic E-state index is 0.0710. The predicted molar refractivity (Wildman–Crippen MR) is 61.7 cm³/mol. The number of benzene rings is 1. The third-order valence-corrected chi connectivity index (χ3v) is 1.86. The van der Waals surface area contributed by atoms with Crippen LogP contribution in [-0.4, -0.2) is 19.9 Å². The quantitative estimate of drug-likeness (QED) is 0.561. The highest BCUT2D eigenvalue weighted by Gasteiger charge is 1.93. The summed E-state index contributed by atoms with van der Waals surface area (Å²) in [5.74, 6) is 0.0710. The summed E-state index contributed by atoms with van der Waals surface area (Å²) in [6, 6.07) is 8.04. The molecule has 0 amide bonds. The minimum absolute atomic E-state index is 0.0710. The molecule has 74 valence electrons. The molecule has 1 rings (SSSR count). The molecule has 0 aromatic heterocycles. The van der Waals surface area contributed by atoms with Gasteiger partial charge in [0, 0.05) is 19.8 Å². The second-order valence-corrected chi connectivity index (χ2v) is 3.27. The fourth-order valence-corrected chi connectivity index (χ4v) is 1.07. The maximum atomic E-state index is 7.04. The van der Waals surface area contributed by atoms with Crippen molar-refractivity contribution in [3.8, 4) is 0 Å². The van der Waals surface area contributed by atoms with Crippen molar-refractivity contribution in [2.24, 2.45) is 5.73 Å². The average molecular weight is 189 g/mol. The van der Waals surface area contributed by atoms with Crippen LogP contribution in [0.1, 0.15) is 5.56 Å². The monoisotopic (exact) mass is 189 g/mol. The lowest BCUT2D eigenvalue weighted by Crippen LogP contribution is -2.08. The van der Waals surface area contributed by atoms with Gasteiger partial charge in [0.1, 0.15) is 5.84 Å². The fourth-order valence-electron chi connectivity index (χ4n) is 1.07. The first-order valence-electron chi connectivity index (χ1n) is 4.39. The molecule has 0 bridgehead atoms. The summed E-state index contributed by atoms with van der Waals surface area (Å²) >= 11 is 0. The number of anilines is 1. The molecule has 1 aromatic carbocycles. The standard InChI is InChI=1S/C11H15N3/c1-14(2)10-6-3-9(4-7-10)5-8-11(12)13/h3-8H,1-2H3,(H3,12,13)/b8-5+. The van der Waals surface area contributed by atoms with Crippen molar-refractivity contribution in [1.82, 2.24) is 0 Å². The first-order chi connectivity index (χ1) is 6.59. The zero-order valence-electron chi connectivity index (χ0n) is 8.49. The summed E-state index contributed by atoms with van der Waals surface area (Å²) in [6.45, 7) is 0. The van der Waals surface area contributed by atoms with E-state index in [1.165, 1.54) is 0 Å². The van der Waals surface area contributed by atoms with Gasteiger partial charge >= 0.3 is 0 Å². The molecule has 0 aliphatic heterocycles. The lowest BCUT2D eigenvalue weighted by Gasteiger charge is -2.11. The van der Waals surface area contributed by atoms with Crippen molar-refractivity contribution >= 4 is 17.6 Å².